The zero-order valence-electron chi connectivity index (χ0n) is 11.5. The van der Waals surface area contributed by atoms with E-state index < -0.39 is 15.2 Å². The highest BCUT2D eigenvalue weighted by molar-refractivity contribution is 8.01. The molecule has 8 heteroatoms. The van der Waals surface area contributed by atoms with Gasteiger partial charge in [-0.1, -0.05) is 6.92 Å². The number of anilines is 1. The van der Waals surface area contributed by atoms with Crippen molar-refractivity contribution in [3.63, 3.8) is 0 Å². The van der Waals surface area contributed by atoms with E-state index >= 15 is 0 Å². The second-order valence-electron chi connectivity index (χ2n) is 4.60. The van der Waals surface area contributed by atoms with Gasteiger partial charge in [0.2, 0.25) is 5.95 Å². The summed E-state index contributed by atoms with van der Waals surface area (Å²) in [6, 6.07) is 0. The molecule has 6 nitrogen and oxygen atoms in total. The molecule has 0 bridgehead atoms. The summed E-state index contributed by atoms with van der Waals surface area (Å²) >= 11 is 1.66. The lowest BCUT2D eigenvalue weighted by atomic mass is 10.2. The van der Waals surface area contributed by atoms with Crippen molar-refractivity contribution in [1.82, 2.24) is 9.97 Å². The lowest BCUT2D eigenvalue weighted by Crippen LogP contribution is -2.48. The summed E-state index contributed by atoms with van der Waals surface area (Å²) in [7, 11) is -3.13. The molecule has 1 saturated heterocycles. The molecule has 0 amide bonds. The molecule has 2 rings (SSSR count). The highest BCUT2D eigenvalue weighted by atomic mass is 32.2. The van der Waals surface area contributed by atoms with Gasteiger partial charge in [-0.05, 0) is 18.5 Å². The lowest BCUT2D eigenvalue weighted by Gasteiger charge is -2.34. The van der Waals surface area contributed by atoms with E-state index in [1.807, 2.05) is 4.90 Å². The van der Waals surface area contributed by atoms with E-state index in [9.17, 15) is 8.42 Å². The molecule has 0 aromatic carbocycles. The number of sulfone groups is 1. The second-order valence-corrected chi connectivity index (χ2v) is 8.20. The summed E-state index contributed by atoms with van der Waals surface area (Å²) in [5, 5.41) is -0.522. The van der Waals surface area contributed by atoms with Gasteiger partial charge in [0.25, 0.3) is 0 Å². The van der Waals surface area contributed by atoms with E-state index in [0.717, 1.165) is 17.7 Å². The van der Waals surface area contributed by atoms with Gasteiger partial charge in [0.1, 0.15) is 5.37 Å². The Balaban J connectivity index is 2.23. The van der Waals surface area contributed by atoms with Crippen LogP contribution in [-0.2, 0) is 16.3 Å². The maximum Gasteiger partial charge on any atom is 0.226 e. The van der Waals surface area contributed by atoms with Crippen molar-refractivity contribution in [2.45, 2.75) is 18.7 Å². The Labute approximate surface area is 124 Å². The SMILES string of the molecule is CCS(=O)(=O)C1CSCCN1c1ncc(CCN)cn1. The Bertz CT molecular complexity index is 533. The Kier molecular flexibility index (Phi) is 5.22. The highest BCUT2D eigenvalue weighted by Gasteiger charge is 2.34. The maximum absolute atomic E-state index is 12.2. The quantitative estimate of drug-likeness (QED) is 0.835. The summed E-state index contributed by atoms with van der Waals surface area (Å²) in [5.74, 6) is 2.10. The van der Waals surface area contributed by atoms with Crippen molar-refractivity contribution >= 4 is 27.5 Å². The fourth-order valence-electron chi connectivity index (χ4n) is 2.09. The Morgan fingerprint density at radius 1 is 1.45 bits per heavy atom. The molecule has 2 heterocycles. The van der Waals surface area contributed by atoms with E-state index in [1.54, 1.807) is 31.1 Å². The minimum atomic E-state index is -3.13. The summed E-state index contributed by atoms with van der Waals surface area (Å²) < 4.78 is 24.4. The third-order valence-corrected chi connectivity index (χ3v) is 6.57. The van der Waals surface area contributed by atoms with Crippen LogP contribution in [0.5, 0.6) is 0 Å². The zero-order chi connectivity index (χ0) is 14.6. The predicted octanol–water partition coefficient (Wildman–Crippen LogP) is 0.292. The Morgan fingerprint density at radius 3 is 2.75 bits per heavy atom. The maximum atomic E-state index is 12.2. The number of nitrogens with two attached hydrogens (primary N) is 1. The van der Waals surface area contributed by atoms with Gasteiger partial charge < -0.3 is 10.6 Å². The molecule has 0 aliphatic carbocycles. The number of aromatic nitrogens is 2. The van der Waals surface area contributed by atoms with Crippen LogP contribution in [0.25, 0.3) is 0 Å². The first kappa shape index (κ1) is 15.5. The first-order chi connectivity index (χ1) is 9.58. The van der Waals surface area contributed by atoms with Crippen LogP contribution in [0.2, 0.25) is 0 Å². The second kappa shape index (κ2) is 6.73. The normalized spacial score (nSPS) is 20.1. The molecule has 0 radical (unpaired) electrons. The van der Waals surface area contributed by atoms with E-state index in [2.05, 4.69) is 9.97 Å². The minimum absolute atomic E-state index is 0.139. The van der Waals surface area contributed by atoms with E-state index in [-0.39, 0.29) is 5.75 Å². The Morgan fingerprint density at radius 2 is 2.15 bits per heavy atom. The predicted molar refractivity (Wildman–Crippen MR) is 82.7 cm³/mol. The molecule has 20 heavy (non-hydrogen) atoms. The molecule has 1 unspecified atom stereocenters. The number of thioether (sulfide) groups is 1. The topological polar surface area (TPSA) is 89.2 Å². The van der Waals surface area contributed by atoms with Crippen LogP contribution >= 0.6 is 11.8 Å². The molecule has 1 aliphatic heterocycles. The molecule has 0 spiro atoms. The monoisotopic (exact) mass is 316 g/mol. The molecule has 1 fully saturated rings. The Hall–Kier alpha value is -0.860. The van der Waals surface area contributed by atoms with Gasteiger partial charge in [-0.25, -0.2) is 18.4 Å². The van der Waals surface area contributed by atoms with Gasteiger partial charge in [-0.15, -0.1) is 0 Å². The van der Waals surface area contributed by atoms with Gasteiger partial charge in [0.05, 0.1) is 0 Å². The molecule has 0 saturated carbocycles. The number of nitrogens with zero attached hydrogens (tertiary/aromatic N) is 3. The lowest BCUT2D eigenvalue weighted by molar-refractivity contribution is 0.577. The number of hydrogen-bond donors (Lipinski definition) is 1. The third kappa shape index (κ3) is 3.42. The van der Waals surface area contributed by atoms with Crippen molar-refractivity contribution in [1.29, 1.82) is 0 Å². The van der Waals surface area contributed by atoms with Crippen molar-refractivity contribution in [2.24, 2.45) is 5.73 Å². The van der Waals surface area contributed by atoms with Crippen molar-refractivity contribution in [2.75, 3.05) is 35.2 Å². The van der Waals surface area contributed by atoms with E-state index in [1.165, 1.54) is 0 Å². The van der Waals surface area contributed by atoms with Crippen LogP contribution in [-0.4, -0.2) is 54.1 Å². The van der Waals surface area contributed by atoms with Crippen molar-refractivity contribution in [3.05, 3.63) is 18.0 Å². The van der Waals surface area contributed by atoms with Crippen molar-refractivity contribution in [3.8, 4) is 0 Å². The van der Waals surface area contributed by atoms with Gasteiger partial charge in [-0.2, -0.15) is 11.8 Å². The molecular weight excluding hydrogens is 296 g/mol. The average molecular weight is 316 g/mol. The summed E-state index contributed by atoms with van der Waals surface area (Å²) in [6.45, 7) is 2.89. The van der Waals surface area contributed by atoms with Gasteiger partial charge >= 0.3 is 0 Å². The van der Waals surface area contributed by atoms with E-state index in [4.69, 9.17) is 5.73 Å². The summed E-state index contributed by atoms with van der Waals surface area (Å²) in [4.78, 5) is 10.4. The van der Waals surface area contributed by atoms with Crippen LogP contribution in [0.1, 0.15) is 12.5 Å². The average Bonchev–Trinajstić information content (AvgIpc) is 2.48. The van der Waals surface area contributed by atoms with Crippen LogP contribution in [0, 0.1) is 0 Å². The summed E-state index contributed by atoms with van der Waals surface area (Å²) in [5.41, 5.74) is 6.46. The molecule has 112 valence electrons. The van der Waals surface area contributed by atoms with Crippen LogP contribution in [0.15, 0.2) is 12.4 Å². The van der Waals surface area contributed by atoms with E-state index in [0.29, 0.717) is 24.8 Å². The molecule has 1 aromatic rings. The molecule has 1 aliphatic rings. The number of rotatable bonds is 5. The standard InChI is InChI=1S/C12H20N4O2S2/c1-2-20(17,18)11-9-19-6-5-16(11)12-14-7-10(3-4-13)8-15-12/h7-8,11H,2-6,9,13H2,1H3. The van der Waals surface area contributed by atoms with Gasteiger partial charge in [-0.3, -0.25) is 0 Å². The zero-order valence-corrected chi connectivity index (χ0v) is 13.2. The summed E-state index contributed by atoms with van der Waals surface area (Å²) in [6.07, 6.45) is 4.19. The molecular formula is C12H20N4O2S2. The fourth-order valence-corrected chi connectivity index (χ4v) is 5.06. The molecule has 1 aromatic heterocycles. The number of hydrogen-bond acceptors (Lipinski definition) is 7. The highest BCUT2D eigenvalue weighted by Crippen LogP contribution is 2.24. The van der Waals surface area contributed by atoms with Gasteiger partial charge in [0, 0.05) is 36.2 Å². The first-order valence-corrected chi connectivity index (χ1v) is 9.52. The third-order valence-electron chi connectivity index (χ3n) is 3.28. The van der Waals surface area contributed by atoms with Crippen LogP contribution in [0.3, 0.4) is 0 Å². The minimum Gasteiger partial charge on any atom is -0.330 e. The van der Waals surface area contributed by atoms with Gasteiger partial charge in [0.15, 0.2) is 9.84 Å². The largest absolute Gasteiger partial charge is 0.330 e. The molecule has 2 N–H and O–H groups in total. The fraction of sp³-hybridized carbons (Fsp3) is 0.667. The van der Waals surface area contributed by atoms with Crippen LogP contribution < -0.4 is 10.6 Å². The smallest absolute Gasteiger partial charge is 0.226 e. The molecule has 1 atom stereocenters. The van der Waals surface area contributed by atoms with Crippen molar-refractivity contribution < 1.29 is 8.42 Å². The van der Waals surface area contributed by atoms with Crippen LogP contribution in [0.4, 0.5) is 5.95 Å². The first-order valence-electron chi connectivity index (χ1n) is 6.65.